The van der Waals surface area contributed by atoms with Crippen molar-refractivity contribution >= 4 is 18.3 Å². The minimum absolute atomic E-state index is 0.327. The fourth-order valence-electron chi connectivity index (χ4n) is 0.701. The standard InChI is InChI=1S/C6H16F2Si2/c1-6(8,10(2)3)9-5-4-7/h10H,4-5,9H2,1-3H3. The third kappa shape index (κ3) is 3.46. The van der Waals surface area contributed by atoms with Gasteiger partial charge in [0.2, 0.25) is 0 Å². The van der Waals surface area contributed by atoms with E-state index < -0.39 is 23.2 Å². The third-order valence-corrected chi connectivity index (χ3v) is 9.32. The zero-order valence-electron chi connectivity index (χ0n) is 6.95. The summed E-state index contributed by atoms with van der Waals surface area (Å²) < 4.78 is 25.0. The summed E-state index contributed by atoms with van der Waals surface area (Å²) in [6.07, 6.45) is 0. The first kappa shape index (κ1) is 10.3. The first-order chi connectivity index (χ1) is 4.50. The molecule has 0 aromatic heterocycles. The van der Waals surface area contributed by atoms with Gasteiger partial charge in [-0.05, 0) is 13.0 Å². The summed E-state index contributed by atoms with van der Waals surface area (Å²) in [7, 11) is -1.97. The van der Waals surface area contributed by atoms with Crippen LogP contribution in [0.5, 0.6) is 0 Å². The summed E-state index contributed by atoms with van der Waals surface area (Å²) >= 11 is 0. The number of hydrogen-bond donors (Lipinski definition) is 0. The van der Waals surface area contributed by atoms with Gasteiger partial charge in [0.05, 0.1) is 29.9 Å². The molecule has 0 spiro atoms. The zero-order valence-corrected chi connectivity index (χ0v) is 9.52. The number of halogens is 2. The molecule has 0 nitrogen and oxygen atoms in total. The normalized spacial score (nSPS) is 18.6. The summed E-state index contributed by atoms with van der Waals surface area (Å²) in [6, 6.07) is 0.512. The number of alkyl halides is 2. The quantitative estimate of drug-likeness (QED) is 0.574. The van der Waals surface area contributed by atoms with E-state index in [1.807, 2.05) is 13.1 Å². The van der Waals surface area contributed by atoms with E-state index in [1.54, 1.807) is 6.92 Å². The van der Waals surface area contributed by atoms with Crippen LogP contribution in [0.25, 0.3) is 0 Å². The van der Waals surface area contributed by atoms with E-state index in [0.717, 1.165) is 0 Å². The molecular formula is C6H16F2Si2. The smallest absolute Gasteiger partial charge is 0.0867 e. The van der Waals surface area contributed by atoms with E-state index >= 15 is 0 Å². The van der Waals surface area contributed by atoms with Crippen LogP contribution in [0.1, 0.15) is 6.92 Å². The Morgan fingerprint density at radius 3 is 2.30 bits per heavy atom. The maximum absolute atomic E-state index is 13.4. The van der Waals surface area contributed by atoms with Crippen LogP contribution < -0.4 is 0 Å². The van der Waals surface area contributed by atoms with Crippen LogP contribution in [-0.2, 0) is 0 Å². The average molecular weight is 182 g/mol. The summed E-state index contributed by atoms with van der Waals surface area (Å²) in [5.74, 6) is 0. The Kier molecular flexibility index (Phi) is 4.35. The van der Waals surface area contributed by atoms with Gasteiger partial charge in [0.25, 0.3) is 0 Å². The van der Waals surface area contributed by atoms with Crippen molar-refractivity contribution in [3.63, 3.8) is 0 Å². The number of hydrogen-bond acceptors (Lipinski definition) is 0. The van der Waals surface area contributed by atoms with Crippen molar-refractivity contribution in [2.24, 2.45) is 0 Å². The topological polar surface area (TPSA) is 0 Å². The maximum Gasteiger partial charge on any atom is 0.0867 e. The van der Waals surface area contributed by atoms with Gasteiger partial charge in [-0.25, -0.2) is 0 Å². The van der Waals surface area contributed by atoms with Crippen LogP contribution in [0.15, 0.2) is 0 Å². The van der Waals surface area contributed by atoms with E-state index in [0.29, 0.717) is 6.04 Å². The van der Waals surface area contributed by atoms with Crippen molar-refractivity contribution in [3.05, 3.63) is 0 Å². The molecule has 0 fully saturated rings. The SMILES string of the molecule is C[SiH](C)C(C)(F)[SiH2]CCF. The van der Waals surface area contributed by atoms with Crippen LogP contribution in [0.2, 0.25) is 19.1 Å². The predicted octanol–water partition coefficient (Wildman–Crippen LogP) is 1.25. The van der Waals surface area contributed by atoms with E-state index in [9.17, 15) is 8.78 Å². The van der Waals surface area contributed by atoms with Gasteiger partial charge in [0.1, 0.15) is 0 Å². The summed E-state index contributed by atoms with van der Waals surface area (Å²) in [4.78, 5) is -0.911. The van der Waals surface area contributed by atoms with Gasteiger partial charge in [0, 0.05) is 0 Å². The molecule has 0 aliphatic heterocycles. The molecule has 0 aliphatic rings. The Hall–Kier alpha value is 0.294. The molecule has 0 radical (unpaired) electrons. The molecule has 4 heteroatoms. The van der Waals surface area contributed by atoms with Crippen LogP contribution in [-0.4, -0.2) is 29.9 Å². The lowest BCUT2D eigenvalue weighted by molar-refractivity contribution is 0.401. The molecule has 0 aliphatic carbocycles. The molecule has 0 amide bonds. The molecule has 0 bridgehead atoms. The Morgan fingerprint density at radius 1 is 1.50 bits per heavy atom. The van der Waals surface area contributed by atoms with Gasteiger partial charge >= 0.3 is 0 Å². The van der Waals surface area contributed by atoms with Crippen molar-refractivity contribution in [3.8, 4) is 0 Å². The van der Waals surface area contributed by atoms with Gasteiger partial charge in [-0.15, -0.1) is 0 Å². The predicted molar refractivity (Wildman–Crippen MR) is 47.7 cm³/mol. The first-order valence-corrected chi connectivity index (χ1v) is 8.35. The molecule has 0 N–H and O–H groups in total. The van der Waals surface area contributed by atoms with Crippen molar-refractivity contribution in [2.45, 2.75) is 31.0 Å². The molecule has 0 aromatic rings. The largest absolute Gasteiger partial charge is 0.253 e. The molecule has 1 atom stereocenters. The minimum atomic E-state index is -1.18. The van der Waals surface area contributed by atoms with E-state index in [-0.39, 0.29) is 6.67 Å². The molecule has 0 aromatic carbocycles. The fraction of sp³-hybridized carbons (Fsp3) is 1.00. The van der Waals surface area contributed by atoms with Crippen LogP contribution in [0.3, 0.4) is 0 Å². The Bertz CT molecular complexity index is 93.7. The monoisotopic (exact) mass is 182 g/mol. The third-order valence-electron chi connectivity index (χ3n) is 2.00. The summed E-state index contributed by atoms with van der Waals surface area (Å²) in [5.41, 5.74) is 0. The van der Waals surface area contributed by atoms with Gasteiger partial charge in [-0.1, -0.05) is 13.1 Å². The number of rotatable bonds is 4. The van der Waals surface area contributed by atoms with Gasteiger partial charge in [0.15, 0.2) is 0 Å². The van der Waals surface area contributed by atoms with Gasteiger partial charge in [-0.2, -0.15) is 0 Å². The summed E-state index contributed by atoms with van der Waals surface area (Å²) in [6.45, 7) is 5.31. The lowest BCUT2D eigenvalue weighted by Gasteiger charge is -2.22. The fourth-order valence-corrected chi connectivity index (χ4v) is 4.45. The van der Waals surface area contributed by atoms with Crippen molar-refractivity contribution in [1.82, 2.24) is 0 Å². The average Bonchev–Trinajstić information content (AvgIpc) is 1.84. The second-order valence-corrected chi connectivity index (χ2v) is 10.1. The maximum atomic E-state index is 13.4. The molecule has 1 unspecified atom stereocenters. The van der Waals surface area contributed by atoms with E-state index in [2.05, 4.69) is 0 Å². The zero-order chi connectivity index (χ0) is 8.20. The first-order valence-electron chi connectivity index (χ1n) is 3.75. The lowest BCUT2D eigenvalue weighted by atomic mass is 10.9. The molecule has 0 heterocycles. The molecule has 0 saturated carbocycles. The Balaban J connectivity index is 3.63. The van der Waals surface area contributed by atoms with Crippen LogP contribution in [0.4, 0.5) is 8.78 Å². The molecular weight excluding hydrogens is 166 g/mol. The van der Waals surface area contributed by atoms with Crippen LogP contribution >= 0.6 is 0 Å². The lowest BCUT2D eigenvalue weighted by Crippen LogP contribution is -2.40. The highest BCUT2D eigenvalue weighted by atomic mass is 28.3. The Morgan fingerprint density at radius 2 is 2.00 bits per heavy atom. The second-order valence-electron chi connectivity index (χ2n) is 3.23. The Labute approximate surface area is 65.4 Å². The minimum Gasteiger partial charge on any atom is -0.253 e. The van der Waals surface area contributed by atoms with Crippen molar-refractivity contribution in [1.29, 1.82) is 0 Å². The highest BCUT2D eigenvalue weighted by molar-refractivity contribution is 6.72. The van der Waals surface area contributed by atoms with E-state index in [1.165, 1.54) is 0 Å². The molecule has 0 rings (SSSR count). The van der Waals surface area contributed by atoms with E-state index in [4.69, 9.17) is 0 Å². The second kappa shape index (κ2) is 4.23. The molecule has 0 saturated heterocycles. The van der Waals surface area contributed by atoms with Crippen LogP contribution in [0, 0.1) is 0 Å². The highest BCUT2D eigenvalue weighted by Crippen LogP contribution is 2.14. The van der Waals surface area contributed by atoms with Gasteiger partial charge in [-0.3, -0.25) is 8.78 Å². The highest BCUT2D eigenvalue weighted by Gasteiger charge is 2.27. The van der Waals surface area contributed by atoms with Crippen molar-refractivity contribution in [2.75, 3.05) is 6.67 Å². The van der Waals surface area contributed by atoms with Gasteiger partial charge < -0.3 is 0 Å². The summed E-state index contributed by atoms with van der Waals surface area (Å²) in [5, 5.41) is 0. The molecule has 10 heavy (non-hydrogen) atoms. The van der Waals surface area contributed by atoms with Crippen molar-refractivity contribution < 1.29 is 8.78 Å². The molecule has 62 valence electrons.